The van der Waals surface area contributed by atoms with Gasteiger partial charge in [0.1, 0.15) is 0 Å². The van der Waals surface area contributed by atoms with Crippen molar-refractivity contribution in [1.29, 1.82) is 0 Å². The fourth-order valence-corrected chi connectivity index (χ4v) is 2.65. The van der Waals surface area contributed by atoms with Crippen molar-refractivity contribution in [2.45, 2.75) is 25.9 Å². The van der Waals surface area contributed by atoms with E-state index in [4.69, 9.17) is 0 Å². The molecule has 0 aromatic rings. The van der Waals surface area contributed by atoms with Crippen molar-refractivity contribution >= 4 is 28.7 Å². The number of hydrogen-bond acceptors (Lipinski definition) is 4. The highest BCUT2D eigenvalue weighted by molar-refractivity contribution is 8.14. The predicted octanol–water partition coefficient (Wildman–Crippen LogP) is 1.82. The van der Waals surface area contributed by atoms with Crippen LogP contribution >= 0.6 is 23.5 Å². The summed E-state index contributed by atoms with van der Waals surface area (Å²) in [6.07, 6.45) is 2.13. The number of nitrogens with one attached hydrogen (secondary N) is 1. The van der Waals surface area contributed by atoms with Crippen molar-refractivity contribution in [3.05, 3.63) is 0 Å². The van der Waals surface area contributed by atoms with Crippen molar-refractivity contribution < 1.29 is 0 Å². The van der Waals surface area contributed by atoms with Crippen LogP contribution in [0.5, 0.6) is 0 Å². The molecule has 0 fully saturated rings. The summed E-state index contributed by atoms with van der Waals surface area (Å²) in [5.74, 6) is 2.28. The van der Waals surface area contributed by atoms with Gasteiger partial charge in [0.15, 0.2) is 5.17 Å². The van der Waals surface area contributed by atoms with Gasteiger partial charge in [-0.05, 0) is 20.1 Å². The molecule has 0 aromatic carbocycles. The van der Waals surface area contributed by atoms with E-state index in [0.717, 1.165) is 16.7 Å². The Hall–Kier alpha value is 0.170. The molecule has 0 spiro atoms. The number of nitrogens with zero attached hydrogens (tertiary/aromatic N) is 1. The van der Waals surface area contributed by atoms with Gasteiger partial charge in [-0.25, -0.2) is 0 Å². The lowest BCUT2D eigenvalue weighted by Gasteiger charge is -2.12. The van der Waals surface area contributed by atoms with Crippen LogP contribution in [0.3, 0.4) is 0 Å². The van der Waals surface area contributed by atoms with Crippen LogP contribution in [0.15, 0.2) is 4.99 Å². The zero-order valence-electron chi connectivity index (χ0n) is 7.83. The monoisotopic (exact) mass is 204 g/mol. The first-order valence-corrected chi connectivity index (χ1v) is 6.56. The summed E-state index contributed by atoms with van der Waals surface area (Å²) in [5, 5.41) is 4.53. The van der Waals surface area contributed by atoms with Gasteiger partial charge in [-0.1, -0.05) is 11.8 Å². The standard InChI is InChI=1S/C8H16N2S2/c1-6(4-11-3)9-8-10-7(2)5-12-8/h6-7H,4-5H2,1-3H3,(H,9,10). The van der Waals surface area contributed by atoms with Gasteiger partial charge in [-0.2, -0.15) is 11.8 Å². The van der Waals surface area contributed by atoms with Crippen LogP contribution in [0.25, 0.3) is 0 Å². The average molecular weight is 204 g/mol. The van der Waals surface area contributed by atoms with E-state index in [1.807, 2.05) is 23.5 Å². The topological polar surface area (TPSA) is 24.4 Å². The summed E-state index contributed by atoms with van der Waals surface area (Å²) >= 11 is 3.70. The van der Waals surface area contributed by atoms with Crippen molar-refractivity contribution in [1.82, 2.24) is 5.32 Å². The Morgan fingerprint density at radius 1 is 1.83 bits per heavy atom. The first-order valence-electron chi connectivity index (χ1n) is 4.18. The molecular formula is C8H16N2S2. The van der Waals surface area contributed by atoms with Gasteiger partial charge in [-0.15, -0.1) is 0 Å². The highest BCUT2D eigenvalue weighted by Crippen LogP contribution is 2.16. The molecule has 1 N–H and O–H groups in total. The highest BCUT2D eigenvalue weighted by Gasteiger charge is 2.14. The van der Waals surface area contributed by atoms with E-state index in [0.29, 0.717) is 12.1 Å². The predicted molar refractivity (Wildman–Crippen MR) is 60.3 cm³/mol. The zero-order chi connectivity index (χ0) is 8.97. The van der Waals surface area contributed by atoms with E-state index in [2.05, 4.69) is 30.4 Å². The van der Waals surface area contributed by atoms with Crippen LogP contribution < -0.4 is 5.32 Å². The van der Waals surface area contributed by atoms with Crippen molar-refractivity contribution in [2.75, 3.05) is 17.8 Å². The molecule has 1 aliphatic heterocycles. The van der Waals surface area contributed by atoms with Crippen LogP contribution in [0, 0.1) is 0 Å². The number of amidine groups is 1. The van der Waals surface area contributed by atoms with Gasteiger partial charge in [0, 0.05) is 17.5 Å². The molecule has 1 rings (SSSR count). The molecule has 0 radical (unpaired) electrons. The lowest BCUT2D eigenvalue weighted by molar-refractivity contribution is 0.744. The third-order valence-corrected chi connectivity index (χ3v) is 3.56. The number of rotatable bonds is 3. The van der Waals surface area contributed by atoms with Crippen LogP contribution in [0.1, 0.15) is 13.8 Å². The molecule has 2 nitrogen and oxygen atoms in total. The molecule has 1 aliphatic rings. The fraction of sp³-hybridized carbons (Fsp3) is 0.875. The largest absolute Gasteiger partial charge is 0.362 e. The summed E-state index contributed by atoms with van der Waals surface area (Å²) in [7, 11) is 0. The number of thioether (sulfide) groups is 2. The number of hydrogen-bond donors (Lipinski definition) is 1. The van der Waals surface area contributed by atoms with Gasteiger partial charge in [0.25, 0.3) is 0 Å². The van der Waals surface area contributed by atoms with Gasteiger partial charge in [0.2, 0.25) is 0 Å². The summed E-state index contributed by atoms with van der Waals surface area (Å²) in [5.41, 5.74) is 0. The van der Waals surface area contributed by atoms with Crippen LogP contribution in [0.2, 0.25) is 0 Å². The quantitative estimate of drug-likeness (QED) is 0.759. The molecule has 70 valence electrons. The first kappa shape index (κ1) is 10.3. The van der Waals surface area contributed by atoms with E-state index in [1.165, 1.54) is 0 Å². The number of aliphatic imine (C=N–C) groups is 1. The molecule has 1 heterocycles. The van der Waals surface area contributed by atoms with E-state index in [1.54, 1.807) is 0 Å². The second-order valence-electron chi connectivity index (χ2n) is 3.10. The second-order valence-corrected chi connectivity index (χ2v) is 5.01. The third-order valence-electron chi connectivity index (χ3n) is 1.59. The van der Waals surface area contributed by atoms with Gasteiger partial charge < -0.3 is 5.32 Å². The van der Waals surface area contributed by atoms with E-state index in [9.17, 15) is 0 Å². The van der Waals surface area contributed by atoms with Gasteiger partial charge >= 0.3 is 0 Å². The minimum absolute atomic E-state index is 0.499. The van der Waals surface area contributed by atoms with Crippen LogP contribution in [-0.2, 0) is 0 Å². The lowest BCUT2D eigenvalue weighted by atomic mass is 10.4. The molecule has 0 aliphatic carbocycles. The lowest BCUT2D eigenvalue weighted by Crippen LogP contribution is -2.31. The van der Waals surface area contributed by atoms with Crippen molar-refractivity contribution in [3.63, 3.8) is 0 Å². The molecule has 2 atom stereocenters. The summed E-state index contributed by atoms with van der Waals surface area (Å²) in [6, 6.07) is 1.04. The molecule has 0 saturated heterocycles. The normalized spacial score (nSPS) is 25.2. The van der Waals surface area contributed by atoms with Crippen molar-refractivity contribution in [2.24, 2.45) is 4.99 Å². The molecule has 2 unspecified atom stereocenters. The SMILES string of the molecule is CSCC(C)NC1=NC(C)CS1. The van der Waals surface area contributed by atoms with Crippen LogP contribution in [-0.4, -0.2) is 35.0 Å². The Labute approximate surface area is 83.0 Å². The Morgan fingerprint density at radius 3 is 3.08 bits per heavy atom. The molecule has 4 heteroatoms. The molecule has 0 bridgehead atoms. The van der Waals surface area contributed by atoms with Gasteiger partial charge in [-0.3, -0.25) is 4.99 Å². The molecule has 12 heavy (non-hydrogen) atoms. The Balaban J connectivity index is 2.26. The van der Waals surface area contributed by atoms with E-state index < -0.39 is 0 Å². The molecule has 0 saturated carbocycles. The second kappa shape index (κ2) is 5.02. The van der Waals surface area contributed by atoms with E-state index >= 15 is 0 Å². The van der Waals surface area contributed by atoms with E-state index in [-0.39, 0.29) is 0 Å². The summed E-state index contributed by atoms with van der Waals surface area (Å²) in [4.78, 5) is 4.47. The molecular weight excluding hydrogens is 188 g/mol. The average Bonchev–Trinajstić information content (AvgIpc) is 2.36. The summed E-state index contributed by atoms with van der Waals surface area (Å²) < 4.78 is 0. The first-order chi connectivity index (χ1) is 5.72. The molecule has 0 amide bonds. The minimum Gasteiger partial charge on any atom is -0.362 e. The smallest absolute Gasteiger partial charge is 0.157 e. The zero-order valence-corrected chi connectivity index (χ0v) is 9.47. The van der Waals surface area contributed by atoms with Crippen LogP contribution in [0.4, 0.5) is 0 Å². The minimum atomic E-state index is 0.499. The summed E-state index contributed by atoms with van der Waals surface area (Å²) in [6.45, 7) is 4.35. The highest BCUT2D eigenvalue weighted by atomic mass is 32.2. The maximum Gasteiger partial charge on any atom is 0.157 e. The van der Waals surface area contributed by atoms with Crippen molar-refractivity contribution in [3.8, 4) is 0 Å². The Bertz CT molecular complexity index is 170. The fourth-order valence-electron chi connectivity index (χ4n) is 1.06. The maximum atomic E-state index is 4.47. The Morgan fingerprint density at radius 2 is 2.58 bits per heavy atom. The maximum absolute atomic E-state index is 4.47. The molecule has 0 aromatic heterocycles. The Kier molecular flexibility index (Phi) is 4.29. The third kappa shape index (κ3) is 3.27. The van der Waals surface area contributed by atoms with Gasteiger partial charge in [0.05, 0.1) is 6.04 Å².